The first-order valence-electron chi connectivity index (χ1n) is 17.2. The van der Waals surface area contributed by atoms with Gasteiger partial charge in [0.15, 0.2) is 5.84 Å². The lowest BCUT2D eigenvalue weighted by atomic mass is 9.92. The lowest BCUT2D eigenvalue weighted by Crippen LogP contribution is -2.11. The molecule has 0 saturated heterocycles. The standard InChI is InChI=1S/C46H31N3O2/c47-49-46(48-45(28-12-2-1-3-13-28)38-26-29-14-4-5-15-31(29)33-16-6-7-17-34(33)38)37-20-11-23-41-44(37)43-32(19-10-22-40(43)51-41)30-24-25-36-35-18-8-9-21-39(35)50-42(36)27-30/h1-8,10-20,22-27H,9,21,47H2/b48-45-,49-46-. The molecule has 0 radical (unpaired) electrons. The number of amidine groups is 1. The van der Waals surface area contributed by atoms with Gasteiger partial charge in [0.05, 0.1) is 5.71 Å². The third kappa shape index (κ3) is 4.70. The summed E-state index contributed by atoms with van der Waals surface area (Å²) in [5, 5.41) is 12.0. The van der Waals surface area contributed by atoms with Gasteiger partial charge in [-0.3, -0.25) is 0 Å². The van der Waals surface area contributed by atoms with Crippen LogP contribution < -0.4 is 5.84 Å². The topological polar surface area (TPSA) is 77.0 Å². The number of nitrogens with zero attached hydrogens (tertiary/aromatic N) is 2. The smallest absolute Gasteiger partial charge is 0.180 e. The maximum absolute atomic E-state index is 6.51. The minimum Gasteiger partial charge on any atom is -0.460 e. The Labute approximate surface area is 293 Å². The quantitative estimate of drug-likeness (QED) is 0.0673. The molecule has 7 aromatic carbocycles. The Morgan fingerprint density at radius 3 is 2.22 bits per heavy atom. The van der Waals surface area contributed by atoms with E-state index in [1.54, 1.807) is 0 Å². The van der Waals surface area contributed by atoms with Crippen molar-refractivity contribution in [1.82, 2.24) is 0 Å². The van der Waals surface area contributed by atoms with E-state index in [9.17, 15) is 0 Å². The monoisotopic (exact) mass is 657 g/mol. The van der Waals surface area contributed by atoms with Crippen LogP contribution in [0.3, 0.4) is 0 Å². The van der Waals surface area contributed by atoms with Gasteiger partial charge in [-0.15, -0.1) is 0 Å². The molecule has 0 bridgehead atoms. The fourth-order valence-corrected chi connectivity index (χ4v) is 7.80. The Kier molecular flexibility index (Phi) is 6.71. The Balaban J connectivity index is 1.21. The van der Waals surface area contributed by atoms with E-state index in [0.29, 0.717) is 5.84 Å². The highest BCUT2D eigenvalue weighted by Crippen LogP contribution is 2.41. The molecule has 5 nitrogen and oxygen atoms in total. The van der Waals surface area contributed by atoms with Gasteiger partial charge in [-0.05, 0) is 69.4 Å². The van der Waals surface area contributed by atoms with Crippen molar-refractivity contribution in [2.75, 3.05) is 0 Å². The van der Waals surface area contributed by atoms with Gasteiger partial charge in [0.1, 0.15) is 22.5 Å². The van der Waals surface area contributed by atoms with Crippen molar-refractivity contribution in [2.45, 2.75) is 12.8 Å². The molecular weight excluding hydrogens is 627 g/mol. The Morgan fingerprint density at radius 1 is 0.588 bits per heavy atom. The summed E-state index contributed by atoms with van der Waals surface area (Å²) in [7, 11) is 0. The Morgan fingerprint density at radius 2 is 1.35 bits per heavy atom. The summed E-state index contributed by atoms with van der Waals surface area (Å²) < 4.78 is 12.9. The van der Waals surface area contributed by atoms with Crippen LogP contribution in [0.4, 0.5) is 0 Å². The average molecular weight is 658 g/mol. The number of benzene rings is 7. The van der Waals surface area contributed by atoms with E-state index in [0.717, 1.165) is 95.8 Å². The van der Waals surface area contributed by atoms with Gasteiger partial charge in [-0.2, -0.15) is 5.10 Å². The summed E-state index contributed by atoms with van der Waals surface area (Å²) in [5.74, 6) is 7.77. The van der Waals surface area contributed by atoms with Gasteiger partial charge < -0.3 is 14.7 Å². The van der Waals surface area contributed by atoms with Crippen molar-refractivity contribution in [3.63, 3.8) is 0 Å². The van der Waals surface area contributed by atoms with Crippen LogP contribution >= 0.6 is 0 Å². The number of fused-ring (bicyclic) bond motifs is 9. The van der Waals surface area contributed by atoms with Crippen LogP contribution in [-0.4, -0.2) is 11.5 Å². The number of aliphatic imine (C=N–C) groups is 1. The maximum Gasteiger partial charge on any atom is 0.180 e. The van der Waals surface area contributed by atoms with E-state index >= 15 is 0 Å². The summed E-state index contributed by atoms with van der Waals surface area (Å²) >= 11 is 0. The van der Waals surface area contributed by atoms with Crippen molar-refractivity contribution in [2.24, 2.45) is 15.9 Å². The second-order valence-electron chi connectivity index (χ2n) is 13.0. The molecule has 2 aromatic heterocycles. The van der Waals surface area contributed by atoms with E-state index in [-0.39, 0.29) is 0 Å². The minimum absolute atomic E-state index is 0.412. The lowest BCUT2D eigenvalue weighted by Gasteiger charge is -2.14. The highest BCUT2D eigenvalue weighted by Gasteiger charge is 2.22. The van der Waals surface area contributed by atoms with E-state index in [2.05, 4.69) is 108 Å². The van der Waals surface area contributed by atoms with Crippen LogP contribution in [0.1, 0.15) is 34.4 Å². The number of hydrazone groups is 1. The molecule has 2 N–H and O–H groups in total. The number of rotatable bonds is 4. The zero-order valence-electron chi connectivity index (χ0n) is 27.6. The number of allylic oxidation sites excluding steroid dienone is 1. The molecule has 242 valence electrons. The van der Waals surface area contributed by atoms with Crippen molar-refractivity contribution in [3.8, 4) is 11.1 Å². The third-order valence-corrected chi connectivity index (χ3v) is 10.1. The van der Waals surface area contributed by atoms with E-state index < -0.39 is 0 Å². The highest BCUT2D eigenvalue weighted by molar-refractivity contribution is 6.29. The van der Waals surface area contributed by atoms with Gasteiger partial charge >= 0.3 is 0 Å². The Hall–Kier alpha value is -6.72. The molecule has 0 aliphatic heterocycles. The van der Waals surface area contributed by atoms with Crippen molar-refractivity contribution < 1.29 is 8.83 Å². The normalized spacial score (nSPS) is 13.6. The van der Waals surface area contributed by atoms with Gasteiger partial charge in [0.25, 0.3) is 0 Å². The fraction of sp³-hybridized carbons (Fsp3) is 0.0435. The summed E-state index contributed by atoms with van der Waals surface area (Å²) in [6.45, 7) is 0. The maximum atomic E-state index is 6.51. The molecule has 9 aromatic rings. The molecule has 0 atom stereocenters. The van der Waals surface area contributed by atoms with Crippen LogP contribution in [0.2, 0.25) is 0 Å². The molecule has 0 unspecified atom stereocenters. The molecule has 1 aliphatic carbocycles. The second kappa shape index (κ2) is 11.7. The first kappa shape index (κ1) is 29.2. The molecular formula is C46H31N3O2. The minimum atomic E-state index is 0.412. The molecule has 5 heteroatoms. The first-order valence-corrected chi connectivity index (χ1v) is 17.2. The zero-order valence-corrected chi connectivity index (χ0v) is 27.6. The molecule has 0 fully saturated rings. The zero-order chi connectivity index (χ0) is 33.9. The lowest BCUT2D eigenvalue weighted by molar-refractivity contribution is 0.546. The number of hydrogen-bond donors (Lipinski definition) is 1. The van der Waals surface area contributed by atoms with Crippen LogP contribution in [0.5, 0.6) is 0 Å². The predicted molar refractivity (Wildman–Crippen MR) is 211 cm³/mol. The largest absolute Gasteiger partial charge is 0.460 e. The molecule has 0 spiro atoms. The molecule has 0 saturated carbocycles. The van der Waals surface area contributed by atoms with E-state index in [1.807, 2.05) is 48.5 Å². The van der Waals surface area contributed by atoms with E-state index in [1.165, 1.54) is 16.3 Å². The summed E-state index contributed by atoms with van der Waals surface area (Å²) in [5.41, 5.74) is 9.22. The van der Waals surface area contributed by atoms with Gasteiger partial charge in [-0.1, -0.05) is 121 Å². The van der Waals surface area contributed by atoms with Crippen molar-refractivity contribution in [1.29, 1.82) is 0 Å². The van der Waals surface area contributed by atoms with Crippen LogP contribution in [0.25, 0.3) is 71.7 Å². The highest BCUT2D eigenvalue weighted by atomic mass is 16.3. The predicted octanol–water partition coefficient (Wildman–Crippen LogP) is 11.4. The summed E-state index contributed by atoms with van der Waals surface area (Å²) in [4.78, 5) is 5.36. The van der Waals surface area contributed by atoms with Gasteiger partial charge in [-0.25, -0.2) is 4.99 Å². The summed E-state index contributed by atoms with van der Waals surface area (Å²) in [6, 6.07) is 48.1. The SMILES string of the molecule is N/N=C(\N=C(\c1ccccc1)c1cc2ccccc2c2ccccc12)c1cccc2oc3cccc(-c4ccc5c6c(oc5c4)CCC=C6)c3c12. The first-order chi connectivity index (χ1) is 25.2. The fourth-order valence-electron chi connectivity index (χ4n) is 7.80. The molecule has 0 amide bonds. The molecule has 51 heavy (non-hydrogen) atoms. The average Bonchev–Trinajstić information content (AvgIpc) is 3.77. The number of furan rings is 2. The van der Waals surface area contributed by atoms with Gasteiger partial charge in [0.2, 0.25) is 0 Å². The van der Waals surface area contributed by atoms with Crippen molar-refractivity contribution >= 4 is 72.1 Å². The molecule has 2 heterocycles. The van der Waals surface area contributed by atoms with Crippen LogP contribution in [0.15, 0.2) is 165 Å². The van der Waals surface area contributed by atoms with Gasteiger partial charge in [0, 0.05) is 44.8 Å². The Bertz CT molecular complexity index is 2930. The van der Waals surface area contributed by atoms with Crippen molar-refractivity contribution in [3.05, 3.63) is 174 Å². The summed E-state index contributed by atoms with van der Waals surface area (Å²) in [6.07, 6.45) is 6.32. The van der Waals surface area contributed by atoms with Crippen LogP contribution in [-0.2, 0) is 6.42 Å². The van der Waals surface area contributed by atoms with Crippen LogP contribution in [0, 0.1) is 0 Å². The van der Waals surface area contributed by atoms with E-state index in [4.69, 9.17) is 19.7 Å². The molecule has 10 rings (SSSR count). The second-order valence-corrected chi connectivity index (χ2v) is 13.0. The number of aryl methyl sites for hydroxylation is 1. The number of nitrogens with two attached hydrogens (primary N) is 1. The number of hydrogen-bond acceptors (Lipinski definition) is 4. The molecule has 1 aliphatic rings. The third-order valence-electron chi connectivity index (χ3n) is 10.1.